The highest BCUT2D eigenvalue weighted by Crippen LogP contribution is 2.34. The Bertz CT molecular complexity index is 2280. The Morgan fingerprint density at radius 2 is 1.63 bits per heavy atom. The Hall–Kier alpha value is -4.81. The van der Waals surface area contributed by atoms with Crippen LogP contribution >= 0.6 is 11.3 Å². The minimum atomic E-state index is -0.943. The van der Waals surface area contributed by atoms with Gasteiger partial charge in [0.15, 0.2) is 0 Å². The number of piperazine rings is 1. The molecular weight excluding hydrogens is 884 g/mol. The van der Waals surface area contributed by atoms with E-state index in [9.17, 15) is 23.9 Å². The zero-order chi connectivity index (χ0) is 48.5. The number of aliphatic hydroxyl groups excluding tert-OH is 1. The van der Waals surface area contributed by atoms with Gasteiger partial charge in [-0.05, 0) is 73.8 Å². The summed E-state index contributed by atoms with van der Waals surface area (Å²) in [6.45, 7) is 17.5. The second kappa shape index (κ2) is 23.2. The molecule has 3 aliphatic rings. The van der Waals surface area contributed by atoms with Crippen molar-refractivity contribution in [3.05, 3.63) is 106 Å². The van der Waals surface area contributed by atoms with E-state index in [0.717, 1.165) is 78.6 Å². The van der Waals surface area contributed by atoms with Crippen molar-refractivity contribution in [1.82, 2.24) is 35.2 Å². The highest BCUT2D eigenvalue weighted by molar-refractivity contribution is 7.13. The maximum absolute atomic E-state index is 14.7. The van der Waals surface area contributed by atoms with Crippen LogP contribution in [0.4, 0.5) is 10.1 Å². The SMILES string of the molecule is Cc1cccc(F)c1CN1C[C@H](c2ccc(N3CCN(CCOCCOCC(=O)N[C@@H](C(=O)N4C[C@H](O)C[C@H]4C(=O)NCc4ccc(-c5scnc5C)cc4)C(C)(C)C)CC3)cc2)[C@@H](N(C)C)C1. The Kier molecular flexibility index (Phi) is 17.4. The largest absolute Gasteiger partial charge is 0.391 e. The summed E-state index contributed by atoms with van der Waals surface area (Å²) in [5, 5.41) is 16.4. The number of aryl methyl sites for hydroxylation is 2. The molecule has 4 heterocycles. The molecule has 3 aromatic carbocycles. The Labute approximate surface area is 405 Å². The van der Waals surface area contributed by atoms with Crippen molar-refractivity contribution in [1.29, 1.82) is 0 Å². The van der Waals surface area contributed by atoms with Crippen LogP contribution in [0.15, 0.2) is 72.2 Å². The third kappa shape index (κ3) is 13.1. The lowest BCUT2D eigenvalue weighted by Crippen LogP contribution is -2.58. The van der Waals surface area contributed by atoms with Gasteiger partial charge in [-0.25, -0.2) is 9.37 Å². The number of amides is 3. The van der Waals surface area contributed by atoms with Crippen LogP contribution < -0.4 is 15.5 Å². The van der Waals surface area contributed by atoms with E-state index < -0.39 is 35.4 Å². The zero-order valence-corrected chi connectivity index (χ0v) is 41.7. The third-order valence-corrected chi connectivity index (χ3v) is 14.7. The number of halogens is 1. The summed E-state index contributed by atoms with van der Waals surface area (Å²) in [7, 11) is 4.27. The number of hydrogen-bond donors (Lipinski definition) is 3. The van der Waals surface area contributed by atoms with E-state index in [2.05, 4.69) is 73.6 Å². The van der Waals surface area contributed by atoms with Gasteiger partial charge in [0.2, 0.25) is 17.7 Å². The standard InChI is InChI=1S/C52H71FN8O6S/c1-35-9-8-10-44(53)42(35)30-59-31-43(46(32-59)57(6)7)38-15-17-40(18-16-38)60-21-19-58(20-22-60)23-24-66-25-26-67-33-47(63)56-49(52(3,4)5)51(65)61-29-41(62)27-45(61)50(64)54-28-37-11-13-39(14-12-37)48-36(2)55-34-68-48/h8-18,34,41,43,45-46,49,62H,19-33H2,1-7H3,(H,54,64)(H,56,63)/t41-,43-,45+,46+,49+/m1/s1. The van der Waals surface area contributed by atoms with Crippen LogP contribution in [0.3, 0.4) is 0 Å². The van der Waals surface area contributed by atoms with Crippen LogP contribution in [0, 0.1) is 25.1 Å². The lowest BCUT2D eigenvalue weighted by atomic mass is 9.85. The number of likely N-dealkylation sites (tertiary alicyclic amines) is 2. The van der Waals surface area contributed by atoms with Crippen LogP contribution in [0.5, 0.6) is 0 Å². The van der Waals surface area contributed by atoms with Gasteiger partial charge in [-0.2, -0.15) is 0 Å². The van der Waals surface area contributed by atoms with Crippen molar-refractivity contribution in [3.63, 3.8) is 0 Å². The Morgan fingerprint density at radius 1 is 0.912 bits per heavy atom. The number of nitrogens with zero attached hydrogens (tertiary/aromatic N) is 6. The molecule has 14 nitrogen and oxygen atoms in total. The van der Waals surface area contributed by atoms with E-state index in [-0.39, 0.29) is 44.4 Å². The maximum Gasteiger partial charge on any atom is 0.246 e. The average Bonchev–Trinajstić information content (AvgIpc) is 4.06. The first kappa shape index (κ1) is 51.1. The fraction of sp³-hybridized carbons (Fsp3) is 0.538. The number of aliphatic hydroxyl groups is 1. The van der Waals surface area contributed by atoms with Crippen LogP contribution in [-0.2, 0) is 36.9 Å². The predicted octanol–water partition coefficient (Wildman–Crippen LogP) is 5.06. The minimum absolute atomic E-state index is 0.000707. The fourth-order valence-corrected chi connectivity index (χ4v) is 10.5. The zero-order valence-electron chi connectivity index (χ0n) is 40.9. The molecule has 368 valence electrons. The number of nitrogens with one attached hydrogen (secondary N) is 2. The first-order valence-electron chi connectivity index (χ1n) is 24.0. The molecule has 3 N–H and O–H groups in total. The smallest absolute Gasteiger partial charge is 0.246 e. The molecule has 3 aliphatic heterocycles. The number of carbonyl (C=O) groups is 3. The van der Waals surface area contributed by atoms with Gasteiger partial charge in [0.05, 0.1) is 42.0 Å². The molecule has 3 saturated heterocycles. The molecule has 0 aliphatic carbocycles. The Balaban J connectivity index is 0.785. The summed E-state index contributed by atoms with van der Waals surface area (Å²) in [4.78, 5) is 56.9. The van der Waals surface area contributed by atoms with E-state index in [1.54, 1.807) is 23.5 Å². The topological polar surface area (TPSA) is 143 Å². The molecule has 0 unspecified atom stereocenters. The minimum Gasteiger partial charge on any atom is -0.391 e. The maximum atomic E-state index is 14.7. The summed E-state index contributed by atoms with van der Waals surface area (Å²) in [6, 6.07) is 20.8. The summed E-state index contributed by atoms with van der Waals surface area (Å²) in [6.07, 6.45) is -0.748. The molecule has 16 heteroatoms. The van der Waals surface area contributed by atoms with Gasteiger partial charge in [0.1, 0.15) is 24.5 Å². The van der Waals surface area contributed by atoms with Crippen molar-refractivity contribution in [2.75, 3.05) is 97.8 Å². The Morgan fingerprint density at radius 3 is 2.29 bits per heavy atom. The predicted molar refractivity (Wildman–Crippen MR) is 265 cm³/mol. The number of rotatable bonds is 19. The normalized spacial score (nSPS) is 20.9. The highest BCUT2D eigenvalue weighted by atomic mass is 32.1. The second-order valence-electron chi connectivity index (χ2n) is 19.9. The molecule has 3 amide bonds. The number of thiazole rings is 1. The van der Waals surface area contributed by atoms with Gasteiger partial charge in [-0.15, -0.1) is 11.3 Å². The molecule has 1 aromatic heterocycles. The number of hydrogen-bond acceptors (Lipinski definition) is 12. The highest BCUT2D eigenvalue weighted by Gasteiger charge is 2.44. The summed E-state index contributed by atoms with van der Waals surface area (Å²) in [5.41, 5.74) is 8.40. The van der Waals surface area contributed by atoms with Gasteiger partial charge in [0.25, 0.3) is 0 Å². The summed E-state index contributed by atoms with van der Waals surface area (Å²) in [5.74, 6) is -1.01. The van der Waals surface area contributed by atoms with Crippen LogP contribution in [-0.4, -0.2) is 165 Å². The van der Waals surface area contributed by atoms with E-state index in [4.69, 9.17) is 9.47 Å². The number of benzene rings is 3. The molecule has 3 fully saturated rings. The molecule has 5 atom stereocenters. The summed E-state index contributed by atoms with van der Waals surface area (Å²) < 4.78 is 26.2. The van der Waals surface area contributed by atoms with Crippen LogP contribution in [0.25, 0.3) is 10.4 Å². The van der Waals surface area contributed by atoms with Crippen LogP contribution in [0.2, 0.25) is 0 Å². The van der Waals surface area contributed by atoms with Gasteiger partial charge in [-0.3, -0.25) is 24.2 Å². The molecule has 0 radical (unpaired) electrons. The van der Waals surface area contributed by atoms with Crippen molar-refractivity contribution in [3.8, 4) is 10.4 Å². The van der Waals surface area contributed by atoms with Crippen molar-refractivity contribution < 1.29 is 33.4 Å². The van der Waals surface area contributed by atoms with E-state index in [1.165, 1.54) is 16.2 Å². The van der Waals surface area contributed by atoms with Gasteiger partial charge >= 0.3 is 0 Å². The van der Waals surface area contributed by atoms with Gasteiger partial charge in [-0.1, -0.05) is 69.3 Å². The monoisotopic (exact) mass is 955 g/mol. The molecule has 68 heavy (non-hydrogen) atoms. The number of carbonyl (C=O) groups excluding carboxylic acids is 3. The van der Waals surface area contributed by atoms with Gasteiger partial charge in [0, 0.05) is 95.1 Å². The van der Waals surface area contributed by atoms with E-state index in [1.807, 2.05) is 70.5 Å². The molecule has 0 bridgehead atoms. The molecule has 4 aromatic rings. The molecule has 7 rings (SSSR count). The lowest BCUT2D eigenvalue weighted by Gasteiger charge is -2.36. The van der Waals surface area contributed by atoms with Crippen molar-refractivity contribution >= 4 is 34.7 Å². The first-order valence-corrected chi connectivity index (χ1v) is 24.8. The van der Waals surface area contributed by atoms with E-state index in [0.29, 0.717) is 31.7 Å². The molecule has 0 saturated carbocycles. The first-order chi connectivity index (χ1) is 32.5. The number of likely N-dealkylation sites (N-methyl/N-ethyl adjacent to an activating group) is 1. The van der Waals surface area contributed by atoms with Crippen molar-refractivity contribution in [2.24, 2.45) is 5.41 Å². The summed E-state index contributed by atoms with van der Waals surface area (Å²) >= 11 is 1.58. The average molecular weight is 955 g/mol. The molecular formula is C52H71FN8O6S. The third-order valence-electron chi connectivity index (χ3n) is 13.7. The number of ether oxygens (including phenoxy) is 2. The number of aromatic nitrogens is 1. The number of anilines is 1. The van der Waals surface area contributed by atoms with Gasteiger partial charge < -0.3 is 39.9 Å². The van der Waals surface area contributed by atoms with Crippen LogP contribution in [0.1, 0.15) is 61.1 Å². The number of β-amino-alcohol motifs (C(OH)–C–C–N with tert-alkyl or cyclic N) is 1. The fourth-order valence-electron chi connectivity index (χ4n) is 9.66. The second-order valence-corrected chi connectivity index (χ2v) is 20.8. The molecule has 0 spiro atoms. The van der Waals surface area contributed by atoms with E-state index >= 15 is 0 Å². The van der Waals surface area contributed by atoms with Crippen molar-refractivity contribution in [2.45, 2.75) is 84.3 Å². The quantitative estimate of drug-likeness (QED) is 0.109. The lowest BCUT2D eigenvalue weighted by molar-refractivity contribution is -0.144.